The molecular formula is C12H15BrClFN2O2S2. The zero-order valence-corrected chi connectivity index (χ0v) is 15.2. The van der Waals surface area contributed by atoms with Crippen LogP contribution in [0.5, 0.6) is 0 Å². The molecule has 0 saturated heterocycles. The Morgan fingerprint density at radius 3 is 2.81 bits per heavy atom. The highest BCUT2D eigenvalue weighted by Crippen LogP contribution is 2.35. The van der Waals surface area contributed by atoms with Crippen LogP contribution in [-0.2, 0) is 10.0 Å². The second-order valence-corrected chi connectivity index (χ2v) is 8.79. The van der Waals surface area contributed by atoms with Gasteiger partial charge in [-0.2, -0.15) is 11.8 Å². The molecule has 2 atom stereocenters. The van der Waals surface area contributed by atoms with E-state index in [1.807, 2.05) is 6.26 Å². The smallest absolute Gasteiger partial charge is 0.243 e. The fraction of sp³-hybridized carbons (Fsp3) is 0.500. The van der Waals surface area contributed by atoms with Crippen LogP contribution >= 0.6 is 39.3 Å². The van der Waals surface area contributed by atoms with Gasteiger partial charge in [-0.15, -0.1) is 0 Å². The standard InChI is InChI=1S/C12H15BrClFN2O2S2/c1-20-8-4-2-3-7(8)17-21(18,19)9-5-6(14)10(13)12(16)11(9)15/h5,7-8,17H,2-4,16H2,1H3. The van der Waals surface area contributed by atoms with Crippen LogP contribution in [0.2, 0.25) is 5.02 Å². The van der Waals surface area contributed by atoms with Gasteiger partial charge in [-0.3, -0.25) is 0 Å². The number of nitrogens with one attached hydrogen (secondary N) is 1. The van der Waals surface area contributed by atoms with Gasteiger partial charge in [-0.25, -0.2) is 17.5 Å². The van der Waals surface area contributed by atoms with Crippen LogP contribution < -0.4 is 10.5 Å². The third kappa shape index (κ3) is 3.50. The van der Waals surface area contributed by atoms with Crippen molar-refractivity contribution in [2.75, 3.05) is 12.0 Å². The third-order valence-electron chi connectivity index (χ3n) is 3.51. The lowest BCUT2D eigenvalue weighted by Gasteiger charge is -2.20. The Balaban J connectivity index is 2.36. The number of hydrogen-bond donors (Lipinski definition) is 2. The highest BCUT2D eigenvalue weighted by Gasteiger charge is 2.32. The number of anilines is 1. The second-order valence-electron chi connectivity index (χ2n) is 4.83. The van der Waals surface area contributed by atoms with Crippen molar-refractivity contribution in [3.8, 4) is 0 Å². The number of hydrogen-bond acceptors (Lipinski definition) is 4. The molecule has 3 N–H and O–H groups in total. The predicted molar refractivity (Wildman–Crippen MR) is 88.8 cm³/mol. The van der Waals surface area contributed by atoms with E-state index >= 15 is 0 Å². The zero-order chi connectivity index (χ0) is 15.8. The summed E-state index contributed by atoms with van der Waals surface area (Å²) in [7, 11) is -4.00. The van der Waals surface area contributed by atoms with Crippen LogP contribution in [-0.4, -0.2) is 26.0 Å². The van der Waals surface area contributed by atoms with E-state index in [1.165, 1.54) is 0 Å². The topological polar surface area (TPSA) is 72.2 Å². The molecule has 118 valence electrons. The maximum absolute atomic E-state index is 14.2. The van der Waals surface area contributed by atoms with Gasteiger partial charge < -0.3 is 5.73 Å². The number of halogens is 3. The largest absolute Gasteiger partial charge is 0.395 e. The molecule has 2 unspecified atom stereocenters. The minimum atomic E-state index is -4.00. The minimum absolute atomic E-state index is 0.0575. The molecule has 1 aromatic carbocycles. The second kappa shape index (κ2) is 6.62. The molecule has 0 spiro atoms. The normalized spacial score (nSPS) is 22.7. The monoisotopic (exact) mass is 416 g/mol. The number of thioether (sulfide) groups is 1. The molecule has 21 heavy (non-hydrogen) atoms. The van der Waals surface area contributed by atoms with Gasteiger partial charge in [0.1, 0.15) is 4.90 Å². The van der Waals surface area contributed by atoms with Crippen molar-refractivity contribution < 1.29 is 12.8 Å². The van der Waals surface area contributed by atoms with Crippen molar-refractivity contribution in [1.29, 1.82) is 0 Å². The van der Waals surface area contributed by atoms with Crippen LogP contribution in [0.4, 0.5) is 10.1 Å². The Bertz CT molecular complexity index is 657. The average molecular weight is 418 g/mol. The van der Waals surface area contributed by atoms with E-state index in [4.69, 9.17) is 17.3 Å². The molecule has 0 aliphatic heterocycles. The van der Waals surface area contributed by atoms with E-state index in [9.17, 15) is 12.8 Å². The van der Waals surface area contributed by atoms with Crippen LogP contribution in [0, 0.1) is 5.82 Å². The highest BCUT2D eigenvalue weighted by molar-refractivity contribution is 9.10. The molecule has 2 rings (SSSR count). The van der Waals surface area contributed by atoms with Crippen molar-refractivity contribution in [1.82, 2.24) is 4.72 Å². The van der Waals surface area contributed by atoms with Gasteiger partial charge >= 0.3 is 0 Å². The van der Waals surface area contributed by atoms with Gasteiger partial charge in [0.15, 0.2) is 5.82 Å². The van der Waals surface area contributed by atoms with Crippen LogP contribution in [0.25, 0.3) is 0 Å². The fourth-order valence-corrected chi connectivity index (χ4v) is 5.41. The summed E-state index contributed by atoms with van der Waals surface area (Å²) in [5.41, 5.74) is 5.23. The van der Waals surface area contributed by atoms with Crippen LogP contribution in [0.15, 0.2) is 15.4 Å². The molecule has 1 aliphatic rings. The first kappa shape index (κ1) is 17.3. The van der Waals surface area contributed by atoms with E-state index in [1.54, 1.807) is 11.8 Å². The Hall–Kier alpha value is -0.0200. The molecule has 0 aromatic heterocycles. The van der Waals surface area contributed by atoms with E-state index in [0.29, 0.717) is 0 Å². The maximum Gasteiger partial charge on any atom is 0.243 e. The minimum Gasteiger partial charge on any atom is -0.395 e. The fourth-order valence-electron chi connectivity index (χ4n) is 2.40. The Morgan fingerprint density at radius 1 is 1.52 bits per heavy atom. The van der Waals surface area contributed by atoms with Crippen molar-refractivity contribution in [2.24, 2.45) is 0 Å². The van der Waals surface area contributed by atoms with E-state index in [2.05, 4.69) is 20.7 Å². The lowest BCUT2D eigenvalue weighted by atomic mass is 10.3. The summed E-state index contributed by atoms with van der Waals surface area (Å²) in [4.78, 5) is -0.514. The predicted octanol–water partition coefficient (Wildman–Crippen LogP) is 3.39. The summed E-state index contributed by atoms with van der Waals surface area (Å²) in [5, 5.41) is 0.258. The summed E-state index contributed by atoms with van der Waals surface area (Å²) < 4.78 is 41.7. The lowest BCUT2D eigenvalue weighted by Crippen LogP contribution is -2.39. The Kier molecular flexibility index (Phi) is 5.46. The summed E-state index contributed by atoms with van der Waals surface area (Å²) in [6, 6.07) is 0.871. The quantitative estimate of drug-likeness (QED) is 0.582. The number of nitrogen functional groups attached to an aromatic ring is 1. The third-order valence-corrected chi connectivity index (χ3v) is 7.55. The van der Waals surface area contributed by atoms with Gasteiger partial charge in [0.05, 0.1) is 15.2 Å². The van der Waals surface area contributed by atoms with Crippen LogP contribution in [0.1, 0.15) is 19.3 Å². The van der Waals surface area contributed by atoms with Gasteiger partial charge in [-0.1, -0.05) is 18.0 Å². The lowest BCUT2D eigenvalue weighted by molar-refractivity contribution is 0.540. The molecule has 1 fully saturated rings. The number of sulfonamides is 1. The molecule has 1 aliphatic carbocycles. The Morgan fingerprint density at radius 2 is 2.19 bits per heavy atom. The van der Waals surface area contributed by atoms with Gasteiger partial charge in [-0.05, 0) is 41.1 Å². The number of benzene rings is 1. The van der Waals surface area contributed by atoms with E-state index in [-0.39, 0.29) is 26.5 Å². The highest BCUT2D eigenvalue weighted by atomic mass is 79.9. The SMILES string of the molecule is CSC1CCCC1NS(=O)(=O)c1cc(Cl)c(Br)c(N)c1F. The first-order valence-corrected chi connectivity index (χ1v) is 10.2. The first-order chi connectivity index (χ1) is 9.77. The van der Waals surface area contributed by atoms with Crippen molar-refractivity contribution in [3.63, 3.8) is 0 Å². The van der Waals surface area contributed by atoms with E-state index in [0.717, 1.165) is 25.3 Å². The number of nitrogens with two attached hydrogens (primary N) is 1. The molecule has 0 amide bonds. The molecular weight excluding hydrogens is 403 g/mol. The first-order valence-electron chi connectivity index (χ1n) is 6.26. The molecule has 0 bridgehead atoms. The molecule has 1 saturated carbocycles. The van der Waals surface area contributed by atoms with Crippen molar-refractivity contribution >= 4 is 55.0 Å². The van der Waals surface area contributed by atoms with Crippen molar-refractivity contribution in [3.05, 3.63) is 21.4 Å². The molecule has 4 nitrogen and oxygen atoms in total. The maximum atomic E-state index is 14.2. The average Bonchev–Trinajstić information content (AvgIpc) is 2.86. The summed E-state index contributed by atoms with van der Waals surface area (Å²) in [6.07, 6.45) is 4.57. The molecule has 0 radical (unpaired) electrons. The molecule has 9 heteroatoms. The summed E-state index contributed by atoms with van der Waals surface area (Å²) in [6.45, 7) is 0. The van der Waals surface area contributed by atoms with Gasteiger partial charge in [0, 0.05) is 11.3 Å². The molecule has 0 heterocycles. The van der Waals surface area contributed by atoms with E-state index < -0.39 is 20.7 Å². The summed E-state index contributed by atoms with van der Waals surface area (Å²) in [5.74, 6) is -0.988. The Labute approximate surface area is 141 Å². The zero-order valence-electron chi connectivity index (χ0n) is 11.2. The van der Waals surface area contributed by atoms with Gasteiger partial charge in [0.25, 0.3) is 0 Å². The van der Waals surface area contributed by atoms with Crippen LogP contribution in [0.3, 0.4) is 0 Å². The molecule has 1 aromatic rings. The number of rotatable bonds is 4. The van der Waals surface area contributed by atoms with Crippen molar-refractivity contribution in [2.45, 2.75) is 35.4 Å². The van der Waals surface area contributed by atoms with Gasteiger partial charge in [0.2, 0.25) is 10.0 Å². The summed E-state index contributed by atoms with van der Waals surface area (Å²) >= 11 is 10.5.